The predicted molar refractivity (Wildman–Crippen MR) is 78.6 cm³/mol. The van der Waals surface area contributed by atoms with Crippen molar-refractivity contribution >= 4 is 27.7 Å². The Labute approximate surface area is 116 Å². The van der Waals surface area contributed by atoms with Crippen molar-refractivity contribution in [3.8, 4) is 0 Å². The third kappa shape index (κ3) is 5.91. The van der Waals surface area contributed by atoms with Crippen LogP contribution >= 0.6 is 27.7 Å². The van der Waals surface area contributed by atoms with Crippen LogP contribution in [-0.2, 0) is 0 Å². The first-order chi connectivity index (χ1) is 8.13. The van der Waals surface area contributed by atoms with Gasteiger partial charge in [0.15, 0.2) is 0 Å². The second kappa shape index (κ2) is 8.14. The quantitative estimate of drug-likeness (QED) is 0.757. The zero-order valence-electron chi connectivity index (χ0n) is 10.3. The van der Waals surface area contributed by atoms with E-state index in [2.05, 4.69) is 47.2 Å². The van der Waals surface area contributed by atoms with E-state index in [1.165, 1.54) is 4.90 Å². The van der Waals surface area contributed by atoms with Gasteiger partial charge in [-0.1, -0.05) is 26.0 Å². The molecule has 1 aromatic carbocycles. The van der Waals surface area contributed by atoms with E-state index in [4.69, 9.17) is 0 Å². The van der Waals surface area contributed by atoms with Crippen LogP contribution in [0.5, 0.6) is 0 Å². The van der Waals surface area contributed by atoms with Crippen LogP contribution in [0, 0.1) is 0 Å². The molecule has 0 aromatic heterocycles. The van der Waals surface area contributed by atoms with Crippen molar-refractivity contribution in [2.45, 2.75) is 37.2 Å². The summed E-state index contributed by atoms with van der Waals surface area (Å²) < 4.78 is 1.14. The largest absolute Gasteiger partial charge is 0.395 e. The average molecular weight is 318 g/mol. The molecule has 0 saturated heterocycles. The minimum atomic E-state index is 0.199. The van der Waals surface area contributed by atoms with Crippen LogP contribution < -0.4 is 5.32 Å². The van der Waals surface area contributed by atoms with Gasteiger partial charge in [-0.3, -0.25) is 0 Å². The van der Waals surface area contributed by atoms with Crippen molar-refractivity contribution in [3.05, 3.63) is 28.7 Å². The van der Waals surface area contributed by atoms with Crippen LogP contribution in [0.1, 0.15) is 20.3 Å². The van der Waals surface area contributed by atoms with E-state index in [-0.39, 0.29) is 12.6 Å². The minimum Gasteiger partial charge on any atom is -0.395 e. The first kappa shape index (κ1) is 15.0. The summed E-state index contributed by atoms with van der Waals surface area (Å²) in [5.41, 5.74) is 0. The van der Waals surface area contributed by atoms with Crippen molar-refractivity contribution < 1.29 is 5.11 Å². The van der Waals surface area contributed by atoms with Gasteiger partial charge in [0.25, 0.3) is 0 Å². The highest BCUT2D eigenvalue weighted by atomic mass is 79.9. The zero-order valence-corrected chi connectivity index (χ0v) is 12.7. The third-order valence-electron chi connectivity index (χ3n) is 2.35. The Kier molecular flexibility index (Phi) is 7.19. The van der Waals surface area contributed by atoms with Crippen molar-refractivity contribution in [2.75, 3.05) is 12.4 Å². The Morgan fingerprint density at radius 2 is 2.06 bits per heavy atom. The number of rotatable bonds is 7. The number of hydrogen-bond donors (Lipinski definition) is 2. The summed E-state index contributed by atoms with van der Waals surface area (Å²) in [6, 6.07) is 8.84. The molecule has 0 aliphatic rings. The summed E-state index contributed by atoms with van der Waals surface area (Å²) in [6.07, 6.45) is 0.973. The van der Waals surface area contributed by atoms with E-state index in [9.17, 15) is 5.11 Å². The molecular formula is C13H20BrNOS. The fourth-order valence-corrected chi connectivity index (χ4v) is 3.20. The van der Waals surface area contributed by atoms with Crippen molar-refractivity contribution in [1.82, 2.24) is 5.32 Å². The topological polar surface area (TPSA) is 32.3 Å². The van der Waals surface area contributed by atoms with Crippen LogP contribution in [0.15, 0.2) is 33.6 Å². The molecular weight excluding hydrogens is 298 g/mol. The van der Waals surface area contributed by atoms with E-state index in [1.807, 2.05) is 23.9 Å². The Morgan fingerprint density at radius 3 is 2.65 bits per heavy atom. The molecule has 0 amide bonds. The Balaban J connectivity index is 2.34. The average Bonchev–Trinajstić information content (AvgIpc) is 2.29. The maximum absolute atomic E-state index is 9.25. The molecule has 1 rings (SSSR count). The van der Waals surface area contributed by atoms with E-state index in [1.54, 1.807) is 0 Å². The molecule has 17 heavy (non-hydrogen) atoms. The Hall–Kier alpha value is -0.0300. The lowest BCUT2D eigenvalue weighted by molar-refractivity contribution is 0.232. The fourth-order valence-electron chi connectivity index (χ4n) is 1.57. The summed E-state index contributed by atoms with van der Waals surface area (Å²) >= 11 is 5.35. The molecule has 0 aliphatic carbocycles. The summed E-state index contributed by atoms with van der Waals surface area (Å²) in [5.74, 6) is 1.01. The molecule has 1 unspecified atom stereocenters. The van der Waals surface area contributed by atoms with Gasteiger partial charge in [-0.2, -0.15) is 0 Å². The summed E-state index contributed by atoms with van der Waals surface area (Å²) in [4.78, 5) is 1.26. The predicted octanol–water partition coefficient (Wildman–Crippen LogP) is 3.29. The molecule has 4 heteroatoms. The number of nitrogens with one attached hydrogen (secondary N) is 1. The van der Waals surface area contributed by atoms with Crippen LogP contribution in [-0.4, -0.2) is 29.5 Å². The van der Waals surface area contributed by atoms with Gasteiger partial charge in [0.2, 0.25) is 0 Å². The monoisotopic (exact) mass is 317 g/mol. The van der Waals surface area contributed by atoms with E-state index in [0.717, 1.165) is 16.6 Å². The highest BCUT2D eigenvalue weighted by molar-refractivity contribution is 9.10. The van der Waals surface area contributed by atoms with E-state index >= 15 is 0 Å². The molecule has 0 saturated carbocycles. The summed E-state index contributed by atoms with van der Waals surface area (Å²) in [6.45, 7) is 4.40. The van der Waals surface area contributed by atoms with E-state index < -0.39 is 0 Å². The molecule has 0 radical (unpaired) electrons. The van der Waals surface area contributed by atoms with Gasteiger partial charge in [-0.05, 0) is 40.2 Å². The molecule has 1 atom stereocenters. The van der Waals surface area contributed by atoms with Gasteiger partial charge in [0.1, 0.15) is 0 Å². The van der Waals surface area contributed by atoms with Gasteiger partial charge in [0.05, 0.1) is 6.61 Å². The number of aliphatic hydroxyl groups is 1. The molecule has 2 nitrogen and oxygen atoms in total. The smallest absolute Gasteiger partial charge is 0.0585 e. The van der Waals surface area contributed by atoms with Gasteiger partial charge >= 0.3 is 0 Å². The molecule has 0 spiro atoms. The van der Waals surface area contributed by atoms with Crippen molar-refractivity contribution in [1.29, 1.82) is 0 Å². The number of thioether (sulfide) groups is 1. The van der Waals surface area contributed by atoms with Crippen LogP contribution in [0.3, 0.4) is 0 Å². The lowest BCUT2D eigenvalue weighted by atomic mass is 10.2. The fraction of sp³-hybridized carbons (Fsp3) is 0.538. The van der Waals surface area contributed by atoms with Gasteiger partial charge in [0, 0.05) is 21.5 Å². The van der Waals surface area contributed by atoms with Crippen LogP contribution in [0.2, 0.25) is 0 Å². The minimum absolute atomic E-state index is 0.199. The third-order valence-corrected chi connectivity index (χ3v) is 4.41. The molecule has 0 heterocycles. The van der Waals surface area contributed by atoms with E-state index in [0.29, 0.717) is 6.04 Å². The maximum atomic E-state index is 9.25. The van der Waals surface area contributed by atoms with Crippen molar-refractivity contribution in [2.24, 2.45) is 0 Å². The van der Waals surface area contributed by atoms with Gasteiger partial charge in [-0.25, -0.2) is 0 Å². The summed E-state index contributed by atoms with van der Waals surface area (Å²) in [7, 11) is 0. The first-order valence-electron chi connectivity index (χ1n) is 5.87. The lowest BCUT2D eigenvalue weighted by Gasteiger charge is -2.18. The Morgan fingerprint density at radius 1 is 1.35 bits per heavy atom. The van der Waals surface area contributed by atoms with Crippen LogP contribution in [0.25, 0.3) is 0 Å². The maximum Gasteiger partial charge on any atom is 0.0585 e. The lowest BCUT2D eigenvalue weighted by Crippen LogP contribution is -2.37. The highest BCUT2D eigenvalue weighted by Crippen LogP contribution is 2.27. The summed E-state index contributed by atoms with van der Waals surface area (Å²) in [5, 5.41) is 12.6. The molecule has 0 fully saturated rings. The zero-order chi connectivity index (χ0) is 12.7. The standard InChI is InChI=1S/C13H20BrNOS/c1-10(2)15-11(9-16)7-8-17-13-6-4-3-5-12(13)14/h3-6,10-11,15-16H,7-9H2,1-2H3. The van der Waals surface area contributed by atoms with Gasteiger partial charge < -0.3 is 10.4 Å². The number of hydrogen-bond acceptors (Lipinski definition) is 3. The molecule has 2 N–H and O–H groups in total. The SMILES string of the molecule is CC(C)NC(CO)CCSc1ccccc1Br. The van der Waals surface area contributed by atoms with Gasteiger partial charge in [-0.15, -0.1) is 11.8 Å². The van der Waals surface area contributed by atoms with Crippen LogP contribution in [0.4, 0.5) is 0 Å². The molecule has 0 aliphatic heterocycles. The first-order valence-corrected chi connectivity index (χ1v) is 7.65. The normalized spacial score (nSPS) is 13.0. The molecule has 1 aromatic rings. The number of halogens is 1. The second-order valence-electron chi connectivity index (χ2n) is 4.27. The Bertz CT molecular complexity index is 333. The van der Waals surface area contributed by atoms with Crippen molar-refractivity contribution in [3.63, 3.8) is 0 Å². The number of aliphatic hydroxyl groups excluding tert-OH is 1. The number of benzene rings is 1. The highest BCUT2D eigenvalue weighted by Gasteiger charge is 2.08. The second-order valence-corrected chi connectivity index (χ2v) is 6.26. The molecule has 0 bridgehead atoms. The molecule has 96 valence electrons.